The molecule has 0 amide bonds. The highest BCUT2D eigenvalue weighted by Gasteiger charge is 2.14. The van der Waals surface area contributed by atoms with Crippen molar-refractivity contribution in [1.82, 2.24) is 0 Å². The van der Waals surface area contributed by atoms with Crippen molar-refractivity contribution in [3.05, 3.63) is 23.8 Å². The standard InChI is InChI=1S/C12H15NOS/c1-3-13(9(2)15)11-4-5-12-10(8-11)6-7-14-12/h4-5,8H,3,6-7H2,1-2H3. The Morgan fingerprint density at radius 3 is 3.00 bits per heavy atom. The number of hydrogen-bond donors (Lipinski definition) is 0. The average molecular weight is 221 g/mol. The number of hydrogen-bond acceptors (Lipinski definition) is 2. The van der Waals surface area contributed by atoms with Crippen LogP contribution < -0.4 is 9.64 Å². The Hall–Kier alpha value is -1.09. The smallest absolute Gasteiger partial charge is 0.122 e. The minimum Gasteiger partial charge on any atom is -0.493 e. The van der Waals surface area contributed by atoms with E-state index in [1.165, 1.54) is 11.3 Å². The maximum atomic E-state index is 5.48. The van der Waals surface area contributed by atoms with Crippen molar-refractivity contribution in [3.63, 3.8) is 0 Å². The molecular weight excluding hydrogens is 206 g/mol. The number of anilines is 1. The molecule has 0 unspecified atom stereocenters. The number of ether oxygens (including phenoxy) is 1. The second-order valence-electron chi connectivity index (χ2n) is 3.65. The molecular formula is C12H15NOS. The van der Waals surface area contributed by atoms with Crippen molar-refractivity contribution in [2.45, 2.75) is 20.3 Å². The number of benzene rings is 1. The largest absolute Gasteiger partial charge is 0.493 e. The Bertz CT molecular complexity index is 389. The second-order valence-corrected chi connectivity index (χ2v) is 4.24. The van der Waals surface area contributed by atoms with E-state index in [4.69, 9.17) is 17.0 Å². The average Bonchev–Trinajstić information content (AvgIpc) is 2.65. The number of nitrogens with zero attached hydrogens (tertiary/aromatic N) is 1. The fourth-order valence-corrected chi connectivity index (χ4v) is 2.16. The highest BCUT2D eigenvalue weighted by atomic mass is 32.1. The maximum absolute atomic E-state index is 5.48. The SMILES string of the molecule is CCN(C(C)=S)c1ccc2c(c1)CCO2. The van der Waals surface area contributed by atoms with Crippen LogP contribution in [0.2, 0.25) is 0 Å². The van der Waals surface area contributed by atoms with Gasteiger partial charge in [0.15, 0.2) is 0 Å². The van der Waals surface area contributed by atoms with Crippen molar-refractivity contribution in [1.29, 1.82) is 0 Å². The fraction of sp³-hybridized carbons (Fsp3) is 0.417. The molecule has 0 N–H and O–H groups in total. The van der Waals surface area contributed by atoms with E-state index in [0.717, 1.165) is 30.3 Å². The third kappa shape index (κ3) is 1.97. The van der Waals surface area contributed by atoms with E-state index in [0.29, 0.717) is 0 Å². The predicted octanol–water partition coefficient (Wildman–Crippen LogP) is 2.80. The Labute approximate surface area is 95.8 Å². The zero-order valence-electron chi connectivity index (χ0n) is 9.12. The molecule has 80 valence electrons. The lowest BCUT2D eigenvalue weighted by Crippen LogP contribution is -2.26. The van der Waals surface area contributed by atoms with Gasteiger partial charge in [0.1, 0.15) is 5.75 Å². The Kier molecular flexibility index (Phi) is 2.91. The number of rotatable bonds is 2. The van der Waals surface area contributed by atoms with Gasteiger partial charge in [0.2, 0.25) is 0 Å². The molecule has 0 aromatic heterocycles. The molecule has 0 fully saturated rings. The van der Waals surface area contributed by atoms with Gasteiger partial charge in [-0.25, -0.2) is 0 Å². The van der Waals surface area contributed by atoms with Crippen molar-refractivity contribution < 1.29 is 4.74 Å². The number of fused-ring (bicyclic) bond motifs is 1. The zero-order chi connectivity index (χ0) is 10.8. The van der Waals surface area contributed by atoms with Gasteiger partial charge < -0.3 is 9.64 Å². The van der Waals surface area contributed by atoms with Crippen molar-refractivity contribution in [2.75, 3.05) is 18.1 Å². The maximum Gasteiger partial charge on any atom is 0.122 e. The van der Waals surface area contributed by atoms with Gasteiger partial charge in [-0.2, -0.15) is 0 Å². The van der Waals surface area contributed by atoms with Crippen molar-refractivity contribution >= 4 is 22.9 Å². The van der Waals surface area contributed by atoms with Crippen LogP contribution in [0.5, 0.6) is 5.75 Å². The van der Waals surface area contributed by atoms with Gasteiger partial charge >= 0.3 is 0 Å². The van der Waals surface area contributed by atoms with Gasteiger partial charge in [-0.1, -0.05) is 12.2 Å². The van der Waals surface area contributed by atoms with Crippen LogP contribution in [-0.2, 0) is 6.42 Å². The highest BCUT2D eigenvalue weighted by molar-refractivity contribution is 7.80. The van der Waals surface area contributed by atoms with Gasteiger partial charge in [0, 0.05) is 18.7 Å². The molecule has 1 heterocycles. The molecule has 0 aliphatic carbocycles. The van der Waals surface area contributed by atoms with E-state index >= 15 is 0 Å². The molecule has 1 aliphatic rings. The summed E-state index contributed by atoms with van der Waals surface area (Å²) in [7, 11) is 0. The lowest BCUT2D eigenvalue weighted by atomic mass is 10.1. The lowest BCUT2D eigenvalue weighted by Gasteiger charge is -2.22. The first-order valence-electron chi connectivity index (χ1n) is 5.26. The van der Waals surface area contributed by atoms with Gasteiger partial charge in [-0.15, -0.1) is 0 Å². The van der Waals surface area contributed by atoms with Crippen LogP contribution in [0.4, 0.5) is 5.69 Å². The van der Waals surface area contributed by atoms with Crippen LogP contribution in [0, 0.1) is 0 Å². The van der Waals surface area contributed by atoms with Crippen LogP contribution in [0.3, 0.4) is 0 Å². The second kappa shape index (κ2) is 4.19. The topological polar surface area (TPSA) is 12.5 Å². The first kappa shape index (κ1) is 10.4. The fourth-order valence-electron chi connectivity index (χ4n) is 1.93. The molecule has 2 nitrogen and oxygen atoms in total. The van der Waals surface area contributed by atoms with Gasteiger partial charge in [-0.05, 0) is 37.6 Å². The summed E-state index contributed by atoms with van der Waals surface area (Å²) in [5, 5.41) is 0. The normalized spacial score (nSPS) is 13.2. The monoisotopic (exact) mass is 221 g/mol. The van der Waals surface area contributed by atoms with Gasteiger partial charge in [0.25, 0.3) is 0 Å². The first-order chi connectivity index (χ1) is 7.22. The minimum absolute atomic E-state index is 0.807. The molecule has 1 aromatic carbocycles. The minimum atomic E-state index is 0.807. The van der Waals surface area contributed by atoms with Crippen molar-refractivity contribution in [3.8, 4) is 5.75 Å². The summed E-state index contributed by atoms with van der Waals surface area (Å²) in [4.78, 5) is 3.05. The number of thiocarbonyl (C=S) groups is 1. The van der Waals surface area contributed by atoms with Gasteiger partial charge in [-0.3, -0.25) is 0 Å². The molecule has 1 aromatic rings. The first-order valence-corrected chi connectivity index (χ1v) is 5.67. The Morgan fingerprint density at radius 1 is 1.53 bits per heavy atom. The molecule has 0 atom stereocenters. The van der Waals surface area contributed by atoms with Crippen LogP contribution >= 0.6 is 12.2 Å². The van der Waals surface area contributed by atoms with Crippen LogP contribution in [0.15, 0.2) is 18.2 Å². The zero-order valence-corrected chi connectivity index (χ0v) is 9.93. The van der Waals surface area contributed by atoms with Crippen LogP contribution in [0.1, 0.15) is 19.4 Å². The third-order valence-corrected chi connectivity index (χ3v) is 2.90. The van der Waals surface area contributed by atoms with Crippen molar-refractivity contribution in [2.24, 2.45) is 0 Å². The summed E-state index contributed by atoms with van der Waals surface area (Å²) in [6.45, 7) is 5.79. The van der Waals surface area contributed by atoms with Gasteiger partial charge in [0.05, 0.1) is 11.6 Å². The summed E-state index contributed by atoms with van der Waals surface area (Å²) in [6, 6.07) is 6.30. The molecule has 0 saturated carbocycles. The highest BCUT2D eigenvalue weighted by Crippen LogP contribution is 2.29. The molecule has 3 heteroatoms. The summed E-state index contributed by atoms with van der Waals surface area (Å²) in [5.41, 5.74) is 2.47. The van der Waals surface area contributed by atoms with Crippen LogP contribution in [-0.4, -0.2) is 18.1 Å². The molecule has 0 radical (unpaired) electrons. The van der Waals surface area contributed by atoms with E-state index in [-0.39, 0.29) is 0 Å². The Balaban J connectivity index is 2.32. The summed E-state index contributed by atoms with van der Waals surface area (Å²) >= 11 is 5.22. The quantitative estimate of drug-likeness (QED) is 0.713. The van der Waals surface area contributed by atoms with E-state index in [1.807, 2.05) is 13.0 Å². The molecule has 1 aliphatic heterocycles. The third-order valence-electron chi connectivity index (χ3n) is 2.68. The van der Waals surface area contributed by atoms with E-state index in [2.05, 4.69) is 24.0 Å². The van der Waals surface area contributed by atoms with Crippen LogP contribution in [0.25, 0.3) is 0 Å². The summed E-state index contributed by atoms with van der Waals surface area (Å²) in [5.74, 6) is 1.02. The molecule has 0 saturated heterocycles. The lowest BCUT2D eigenvalue weighted by molar-refractivity contribution is 0.357. The molecule has 0 bridgehead atoms. The van der Waals surface area contributed by atoms with E-state index < -0.39 is 0 Å². The molecule has 2 rings (SSSR count). The summed E-state index contributed by atoms with van der Waals surface area (Å²) in [6.07, 6.45) is 1.01. The van der Waals surface area contributed by atoms with E-state index in [1.54, 1.807) is 0 Å². The van der Waals surface area contributed by atoms with E-state index in [9.17, 15) is 0 Å². The molecule has 15 heavy (non-hydrogen) atoms. The predicted molar refractivity (Wildman–Crippen MR) is 66.9 cm³/mol. The summed E-state index contributed by atoms with van der Waals surface area (Å²) < 4.78 is 5.48. The Morgan fingerprint density at radius 2 is 2.33 bits per heavy atom. The molecule has 0 spiro atoms.